The second-order valence-electron chi connectivity index (χ2n) is 6.37. The maximum Gasteiger partial charge on any atom is 0.345 e. The van der Waals surface area contributed by atoms with Crippen LogP contribution in [0.5, 0.6) is 0 Å². The van der Waals surface area contributed by atoms with Crippen molar-refractivity contribution in [1.29, 1.82) is 0 Å². The molecule has 6 heteroatoms. The minimum atomic E-state index is -0.772. The number of methoxy groups -OCH3 is 2. The third-order valence-corrected chi connectivity index (χ3v) is 4.17. The first-order valence-corrected chi connectivity index (χ1v) is 9.67. The van der Waals surface area contributed by atoms with Crippen LogP contribution in [0.1, 0.15) is 69.8 Å². The molecule has 0 amide bonds. The number of carbonyl (C=O) groups excluding carboxylic acids is 2. The van der Waals surface area contributed by atoms with E-state index in [1.165, 1.54) is 65.2 Å². The Labute approximate surface area is 161 Å². The van der Waals surface area contributed by atoms with Crippen LogP contribution in [0, 0.1) is 0 Å². The lowest BCUT2D eigenvalue weighted by Gasteiger charge is -2.03. The number of rotatable bonds is 14. The van der Waals surface area contributed by atoms with Gasteiger partial charge in [0, 0.05) is 12.7 Å². The summed E-state index contributed by atoms with van der Waals surface area (Å²) in [6, 6.07) is 3.42. The van der Waals surface area contributed by atoms with Gasteiger partial charge >= 0.3 is 11.9 Å². The van der Waals surface area contributed by atoms with E-state index in [0.29, 0.717) is 24.7 Å². The summed E-state index contributed by atoms with van der Waals surface area (Å²) in [6.45, 7) is 3.28. The number of carbonyl (C=O) groups is 2. The van der Waals surface area contributed by atoms with Gasteiger partial charge in [0.2, 0.25) is 0 Å². The molecule has 1 aromatic rings. The lowest BCUT2D eigenvalue weighted by Crippen LogP contribution is -2.15. The molecule has 0 N–H and O–H groups in total. The first-order chi connectivity index (χ1) is 13.1. The SMILES string of the molecule is CCCCCCCCCCOCc1ccc(C=C(C(=O)OC)C(=O)OC)o1. The molecular weight excluding hydrogens is 348 g/mol. The van der Waals surface area contributed by atoms with Crippen LogP contribution >= 0.6 is 0 Å². The molecule has 1 aromatic heterocycles. The second kappa shape index (κ2) is 14.0. The van der Waals surface area contributed by atoms with Gasteiger partial charge in [0.15, 0.2) is 0 Å². The summed E-state index contributed by atoms with van der Waals surface area (Å²) in [6.07, 6.45) is 11.4. The van der Waals surface area contributed by atoms with E-state index < -0.39 is 11.9 Å². The highest BCUT2D eigenvalue weighted by molar-refractivity contribution is 6.17. The summed E-state index contributed by atoms with van der Waals surface area (Å²) in [5, 5.41) is 0. The van der Waals surface area contributed by atoms with Gasteiger partial charge in [-0.2, -0.15) is 0 Å². The molecule has 27 heavy (non-hydrogen) atoms. The van der Waals surface area contributed by atoms with Crippen molar-refractivity contribution in [2.45, 2.75) is 64.9 Å². The van der Waals surface area contributed by atoms with Crippen molar-refractivity contribution in [3.8, 4) is 0 Å². The van der Waals surface area contributed by atoms with E-state index in [-0.39, 0.29) is 5.57 Å². The molecule has 0 spiro atoms. The molecule has 0 fully saturated rings. The van der Waals surface area contributed by atoms with Crippen molar-refractivity contribution in [2.24, 2.45) is 0 Å². The van der Waals surface area contributed by atoms with E-state index in [2.05, 4.69) is 16.4 Å². The molecule has 1 heterocycles. The average Bonchev–Trinajstić information content (AvgIpc) is 3.13. The van der Waals surface area contributed by atoms with Gasteiger partial charge in [-0.3, -0.25) is 0 Å². The Morgan fingerprint density at radius 1 is 0.926 bits per heavy atom. The lowest BCUT2D eigenvalue weighted by atomic mass is 10.1. The van der Waals surface area contributed by atoms with E-state index in [1.807, 2.05) is 0 Å². The quantitative estimate of drug-likeness (QED) is 0.154. The number of ether oxygens (including phenoxy) is 3. The first-order valence-electron chi connectivity index (χ1n) is 9.67. The fourth-order valence-corrected chi connectivity index (χ4v) is 2.62. The maximum atomic E-state index is 11.6. The normalized spacial score (nSPS) is 10.5. The van der Waals surface area contributed by atoms with Gasteiger partial charge in [-0.1, -0.05) is 51.9 Å². The predicted octanol–water partition coefficient (Wildman–Crippen LogP) is 4.67. The Bertz CT molecular complexity index is 569. The highest BCUT2D eigenvalue weighted by Gasteiger charge is 2.20. The van der Waals surface area contributed by atoms with E-state index in [4.69, 9.17) is 9.15 Å². The zero-order chi connectivity index (χ0) is 19.9. The topological polar surface area (TPSA) is 75.0 Å². The Balaban J connectivity index is 2.31. The van der Waals surface area contributed by atoms with Gasteiger partial charge in [-0.15, -0.1) is 0 Å². The molecule has 0 saturated carbocycles. The van der Waals surface area contributed by atoms with Gasteiger partial charge < -0.3 is 18.6 Å². The van der Waals surface area contributed by atoms with Crippen molar-refractivity contribution in [1.82, 2.24) is 0 Å². The predicted molar refractivity (Wildman–Crippen MR) is 103 cm³/mol. The number of hydrogen-bond donors (Lipinski definition) is 0. The van der Waals surface area contributed by atoms with Crippen LogP contribution in [-0.2, 0) is 30.4 Å². The molecular formula is C21H32O6. The Morgan fingerprint density at radius 2 is 1.52 bits per heavy atom. The Morgan fingerprint density at radius 3 is 2.11 bits per heavy atom. The zero-order valence-electron chi connectivity index (χ0n) is 16.8. The standard InChI is InChI=1S/C21H32O6/c1-4-5-6-7-8-9-10-11-14-26-16-18-13-12-17(27-18)15-19(20(22)24-2)21(23)25-3/h12-13,15H,4-11,14,16H2,1-3H3. The molecule has 0 aliphatic carbocycles. The van der Waals surface area contributed by atoms with E-state index in [1.54, 1.807) is 12.1 Å². The van der Waals surface area contributed by atoms with Crippen molar-refractivity contribution < 1.29 is 28.2 Å². The van der Waals surface area contributed by atoms with Gasteiger partial charge in [0.25, 0.3) is 0 Å². The fraction of sp³-hybridized carbons (Fsp3) is 0.619. The molecule has 152 valence electrons. The molecule has 0 aliphatic heterocycles. The highest BCUT2D eigenvalue weighted by atomic mass is 16.5. The van der Waals surface area contributed by atoms with Gasteiger partial charge in [-0.25, -0.2) is 9.59 Å². The van der Waals surface area contributed by atoms with Crippen molar-refractivity contribution in [3.05, 3.63) is 29.2 Å². The van der Waals surface area contributed by atoms with Crippen molar-refractivity contribution in [2.75, 3.05) is 20.8 Å². The monoisotopic (exact) mass is 380 g/mol. The van der Waals surface area contributed by atoms with Crippen LogP contribution < -0.4 is 0 Å². The summed E-state index contributed by atoms with van der Waals surface area (Å²) >= 11 is 0. The maximum absolute atomic E-state index is 11.6. The molecule has 0 radical (unpaired) electrons. The number of hydrogen-bond acceptors (Lipinski definition) is 6. The Kier molecular flexibility index (Phi) is 11.9. The minimum Gasteiger partial charge on any atom is -0.465 e. The molecule has 1 rings (SSSR count). The second-order valence-corrected chi connectivity index (χ2v) is 6.37. The molecule has 6 nitrogen and oxygen atoms in total. The smallest absolute Gasteiger partial charge is 0.345 e. The molecule has 0 atom stereocenters. The van der Waals surface area contributed by atoms with Crippen LogP contribution in [-0.4, -0.2) is 32.8 Å². The van der Waals surface area contributed by atoms with Crippen molar-refractivity contribution in [3.63, 3.8) is 0 Å². The molecule has 0 aromatic carbocycles. The zero-order valence-corrected chi connectivity index (χ0v) is 16.8. The third kappa shape index (κ3) is 9.43. The Hall–Kier alpha value is -2.08. The largest absolute Gasteiger partial charge is 0.465 e. The van der Waals surface area contributed by atoms with Crippen molar-refractivity contribution >= 4 is 18.0 Å². The fourth-order valence-electron chi connectivity index (χ4n) is 2.62. The lowest BCUT2D eigenvalue weighted by molar-refractivity contribution is -0.143. The van der Waals surface area contributed by atoms with Crippen LogP contribution in [0.25, 0.3) is 6.08 Å². The third-order valence-electron chi connectivity index (χ3n) is 4.17. The van der Waals surface area contributed by atoms with Crippen LogP contribution in [0.4, 0.5) is 0 Å². The minimum absolute atomic E-state index is 0.222. The van der Waals surface area contributed by atoms with Crippen LogP contribution in [0.2, 0.25) is 0 Å². The summed E-state index contributed by atoms with van der Waals surface area (Å²) in [7, 11) is 2.40. The van der Waals surface area contributed by atoms with Gasteiger partial charge in [0.1, 0.15) is 23.7 Å². The van der Waals surface area contributed by atoms with Gasteiger partial charge in [-0.05, 0) is 18.6 Å². The van der Waals surface area contributed by atoms with Gasteiger partial charge in [0.05, 0.1) is 14.2 Å². The molecule has 0 unspecified atom stereocenters. The molecule has 0 saturated heterocycles. The average molecular weight is 380 g/mol. The van der Waals surface area contributed by atoms with E-state index in [0.717, 1.165) is 6.42 Å². The summed E-state index contributed by atoms with van der Waals surface area (Å²) in [5.74, 6) is -0.544. The number of unbranched alkanes of at least 4 members (excludes halogenated alkanes) is 7. The van der Waals surface area contributed by atoms with Crippen LogP contribution in [0.3, 0.4) is 0 Å². The number of furan rings is 1. The molecule has 0 bridgehead atoms. The summed E-state index contributed by atoms with van der Waals surface area (Å²) in [4.78, 5) is 23.3. The van der Waals surface area contributed by atoms with E-state index >= 15 is 0 Å². The molecule has 0 aliphatic rings. The number of esters is 2. The summed E-state index contributed by atoms with van der Waals surface area (Å²) in [5.41, 5.74) is -0.222. The highest BCUT2D eigenvalue weighted by Crippen LogP contribution is 2.15. The van der Waals surface area contributed by atoms with E-state index in [9.17, 15) is 9.59 Å². The summed E-state index contributed by atoms with van der Waals surface area (Å²) < 4.78 is 20.3. The van der Waals surface area contributed by atoms with Crippen LogP contribution in [0.15, 0.2) is 22.1 Å². The first kappa shape index (κ1) is 23.0.